The third-order valence-electron chi connectivity index (χ3n) is 5.26. The zero-order valence-corrected chi connectivity index (χ0v) is 18.1. The highest BCUT2D eigenvalue weighted by Crippen LogP contribution is 2.43. The van der Waals surface area contributed by atoms with E-state index in [0.717, 1.165) is 11.1 Å². The van der Waals surface area contributed by atoms with Gasteiger partial charge in [-0.2, -0.15) is 0 Å². The minimum atomic E-state index is -0.368. The van der Waals surface area contributed by atoms with Crippen LogP contribution >= 0.6 is 11.8 Å². The van der Waals surface area contributed by atoms with E-state index < -0.39 is 0 Å². The number of hydrogen-bond donors (Lipinski definition) is 0. The monoisotopic (exact) mass is 414 g/mol. The molecule has 2 atom stereocenters. The third kappa shape index (κ3) is 4.64. The fourth-order valence-corrected chi connectivity index (χ4v) is 4.98. The van der Waals surface area contributed by atoms with E-state index in [-0.39, 0.29) is 34.3 Å². The summed E-state index contributed by atoms with van der Waals surface area (Å²) < 4.78 is 13.2. The van der Waals surface area contributed by atoms with Crippen LogP contribution in [0.4, 0.5) is 4.39 Å². The second kappa shape index (κ2) is 8.99. The van der Waals surface area contributed by atoms with E-state index in [9.17, 15) is 14.0 Å². The third-order valence-corrected chi connectivity index (χ3v) is 6.63. The van der Waals surface area contributed by atoms with Crippen LogP contribution in [-0.4, -0.2) is 46.0 Å². The molecule has 154 valence electrons. The maximum Gasteiger partial charge on any atom is 0.254 e. The quantitative estimate of drug-likeness (QED) is 0.691. The molecular weight excluding hydrogens is 387 g/mol. The van der Waals surface area contributed by atoms with Gasteiger partial charge in [-0.25, -0.2) is 4.39 Å². The van der Waals surface area contributed by atoms with Gasteiger partial charge in [0.15, 0.2) is 0 Å². The number of amides is 2. The Balaban J connectivity index is 1.78. The standard InChI is InChI=1S/C23H27FN2O2S/c1-15(2)25(22(28)18-9-11-19(24)12-10-18)13-14-26-21(27)17(4)29-23(26)20-8-6-5-7-16(20)3/h5-12,15,17,23H,13-14H2,1-4H3/t17-,23+/m1/s1. The predicted molar refractivity (Wildman–Crippen MR) is 115 cm³/mol. The summed E-state index contributed by atoms with van der Waals surface area (Å²) in [5, 5.41) is -0.159. The van der Waals surface area contributed by atoms with Gasteiger partial charge in [-0.1, -0.05) is 24.3 Å². The van der Waals surface area contributed by atoms with Crippen molar-refractivity contribution >= 4 is 23.6 Å². The van der Waals surface area contributed by atoms with Crippen LogP contribution in [0, 0.1) is 12.7 Å². The first-order chi connectivity index (χ1) is 13.8. The van der Waals surface area contributed by atoms with E-state index >= 15 is 0 Å². The average molecular weight is 415 g/mol. The molecule has 29 heavy (non-hydrogen) atoms. The molecular formula is C23H27FN2O2S. The van der Waals surface area contributed by atoms with Crippen LogP contribution in [0.2, 0.25) is 0 Å². The summed E-state index contributed by atoms with van der Waals surface area (Å²) in [5.74, 6) is -0.423. The van der Waals surface area contributed by atoms with Gasteiger partial charge in [-0.15, -0.1) is 11.8 Å². The molecule has 0 bridgehead atoms. The zero-order valence-electron chi connectivity index (χ0n) is 17.3. The van der Waals surface area contributed by atoms with E-state index in [1.54, 1.807) is 16.7 Å². The van der Waals surface area contributed by atoms with Crippen LogP contribution in [0.15, 0.2) is 48.5 Å². The van der Waals surface area contributed by atoms with Crippen molar-refractivity contribution in [2.75, 3.05) is 13.1 Å². The van der Waals surface area contributed by atoms with E-state index in [0.29, 0.717) is 18.7 Å². The van der Waals surface area contributed by atoms with Crippen molar-refractivity contribution in [1.29, 1.82) is 0 Å². The topological polar surface area (TPSA) is 40.6 Å². The molecule has 0 N–H and O–H groups in total. The van der Waals surface area contributed by atoms with Crippen LogP contribution in [-0.2, 0) is 4.79 Å². The number of nitrogens with zero attached hydrogens (tertiary/aromatic N) is 2. The summed E-state index contributed by atoms with van der Waals surface area (Å²) in [6.07, 6.45) is 0. The first-order valence-corrected chi connectivity index (χ1v) is 10.8. The molecule has 6 heteroatoms. The van der Waals surface area contributed by atoms with E-state index in [1.165, 1.54) is 24.3 Å². The summed E-state index contributed by atoms with van der Waals surface area (Å²) >= 11 is 1.65. The molecule has 0 saturated carbocycles. The average Bonchev–Trinajstić information content (AvgIpc) is 2.97. The number of hydrogen-bond acceptors (Lipinski definition) is 3. The molecule has 1 saturated heterocycles. The Hall–Kier alpha value is -2.34. The van der Waals surface area contributed by atoms with Crippen LogP contribution in [0.3, 0.4) is 0 Å². The summed E-state index contributed by atoms with van der Waals surface area (Å²) in [7, 11) is 0. The summed E-state index contributed by atoms with van der Waals surface area (Å²) in [5.41, 5.74) is 2.74. The van der Waals surface area contributed by atoms with Crippen molar-refractivity contribution in [3.8, 4) is 0 Å². The minimum absolute atomic E-state index is 0.0350. The van der Waals surface area contributed by atoms with Gasteiger partial charge in [-0.3, -0.25) is 9.59 Å². The normalized spacial score (nSPS) is 19.1. The summed E-state index contributed by atoms with van der Waals surface area (Å²) in [6, 6.07) is 13.7. The Kier molecular flexibility index (Phi) is 6.63. The largest absolute Gasteiger partial charge is 0.334 e. The Morgan fingerprint density at radius 1 is 1.17 bits per heavy atom. The van der Waals surface area contributed by atoms with E-state index in [2.05, 4.69) is 19.1 Å². The fourth-order valence-electron chi connectivity index (χ4n) is 3.57. The fraction of sp³-hybridized carbons (Fsp3) is 0.391. The summed E-state index contributed by atoms with van der Waals surface area (Å²) in [6.45, 7) is 8.77. The number of carbonyl (C=O) groups excluding carboxylic acids is 2. The van der Waals surface area contributed by atoms with Gasteiger partial charge in [0.05, 0.1) is 5.25 Å². The maximum absolute atomic E-state index is 13.2. The van der Waals surface area contributed by atoms with Gasteiger partial charge < -0.3 is 9.80 Å². The zero-order chi connectivity index (χ0) is 21.1. The highest BCUT2D eigenvalue weighted by Gasteiger charge is 2.39. The molecule has 0 spiro atoms. The van der Waals surface area contributed by atoms with Gasteiger partial charge in [0.1, 0.15) is 11.2 Å². The number of thioether (sulfide) groups is 1. The van der Waals surface area contributed by atoms with Crippen molar-refractivity contribution in [2.45, 2.75) is 44.4 Å². The van der Waals surface area contributed by atoms with Crippen LogP contribution in [0.25, 0.3) is 0 Å². The number of aryl methyl sites for hydroxylation is 1. The molecule has 1 aliphatic heterocycles. The number of rotatable bonds is 6. The lowest BCUT2D eigenvalue weighted by Crippen LogP contribution is -2.43. The van der Waals surface area contributed by atoms with Crippen molar-refractivity contribution < 1.29 is 14.0 Å². The molecule has 2 amide bonds. The lowest BCUT2D eigenvalue weighted by atomic mass is 10.1. The molecule has 0 radical (unpaired) electrons. The minimum Gasteiger partial charge on any atom is -0.334 e. The first kappa shape index (κ1) is 21.4. The smallest absolute Gasteiger partial charge is 0.254 e. The van der Waals surface area contributed by atoms with Crippen LogP contribution in [0.5, 0.6) is 0 Å². The lowest BCUT2D eigenvalue weighted by molar-refractivity contribution is -0.130. The van der Waals surface area contributed by atoms with Crippen molar-refractivity contribution in [3.63, 3.8) is 0 Å². The van der Waals surface area contributed by atoms with Crippen molar-refractivity contribution in [1.82, 2.24) is 9.80 Å². The molecule has 3 rings (SSSR count). The molecule has 0 aliphatic carbocycles. The van der Waals surface area contributed by atoms with E-state index in [4.69, 9.17) is 0 Å². The molecule has 0 aromatic heterocycles. The SMILES string of the molecule is Cc1ccccc1[C@@H]1S[C@H](C)C(=O)N1CCN(C(=O)c1ccc(F)cc1)C(C)C. The molecule has 2 aromatic rings. The van der Waals surface area contributed by atoms with Gasteiger partial charge >= 0.3 is 0 Å². The molecule has 1 aliphatic rings. The van der Waals surface area contributed by atoms with Crippen molar-refractivity contribution in [2.24, 2.45) is 0 Å². The number of carbonyl (C=O) groups is 2. The Morgan fingerprint density at radius 2 is 1.83 bits per heavy atom. The molecule has 1 fully saturated rings. The molecule has 4 nitrogen and oxygen atoms in total. The van der Waals surface area contributed by atoms with Crippen molar-refractivity contribution in [3.05, 3.63) is 71.0 Å². The lowest BCUT2D eigenvalue weighted by Gasteiger charge is -2.31. The van der Waals surface area contributed by atoms with Gasteiger partial charge in [0.2, 0.25) is 5.91 Å². The maximum atomic E-state index is 13.2. The predicted octanol–water partition coefficient (Wildman–Crippen LogP) is 4.65. The second-order valence-corrected chi connectivity index (χ2v) is 9.04. The first-order valence-electron chi connectivity index (χ1n) is 9.87. The van der Waals surface area contributed by atoms with E-state index in [1.807, 2.05) is 37.8 Å². The number of benzene rings is 2. The van der Waals surface area contributed by atoms with Gasteiger partial charge in [0.25, 0.3) is 5.91 Å². The molecule has 1 heterocycles. The highest BCUT2D eigenvalue weighted by molar-refractivity contribution is 8.01. The summed E-state index contributed by atoms with van der Waals surface area (Å²) in [4.78, 5) is 29.4. The Labute approximate surface area is 176 Å². The number of halogens is 1. The van der Waals surface area contributed by atoms with Crippen LogP contribution < -0.4 is 0 Å². The van der Waals surface area contributed by atoms with Crippen LogP contribution in [0.1, 0.15) is 47.6 Å². The Morgan fingerprint density at radius 3 is 2.45 bits per heavy atom. The highest BCUT2D eigenvalue weighted by atomic mass is 32.2. The van der Waals surface area contributed by atoms with Gasteiger partial charge in [-0.05, 0) is 63.1 Å². The van der Waals surface area contributed by atoms with Gasteiger partial charge in [0, 0.05) is 24.7 Å². The second-order valence-electron chi connectivity index (χ2n) is 7.62. The molecule has 0 unspecified atom stereocenters. The molecule has 2 aromatic carbocycles. The Bertz CT molecular complexity index is 885.